The molecule has 0 unspecified atom stereocenters. The van der Waals surface area contributed by atoms with E-state index in [4.69, 9.17) is 0 Å². The van der Waals surface area contributed by atoms with E-state index in [-0.39, 0.29) is 0 Å². The van der Waals surface area contributed by atoms with E-state index in [0.717, 1.165) is 40.6 Å². The fourth-order valence-electron chi connectivity index (χ4n) is 3.05. The highest BCUT2D eigenvalue weighted by molar-refractivity contribution is 7.20. The minimum Gasteiger partial charge on any atom is -0.477 e. The van der Waals surface area contributed by atoms with Gasteiger partial charge in [0.1, 0.15) is 21.9 Å². The number of anilines is 1. The monoisotopic (exact) mass is 305 g/mol. The van der Waals surface area contributed by atoms with Crippen LogP contribution in [0.5, 0.6) is 0 Å². The second kappa shape index (κ2) is 5.60. The van der Waals surface area contributed by atoms with Gasteiger partial charge in [-0.05, 0) is 31.2 Å². The number of carbonyl (C=O) groups is 1. The zero-order valence-corrected chi connectivity index (χ0v) is 13.1. The van der Waals surface area contributed by atoms with Crippen molar-refractivity contribution in [2.45, 2.75) is 33.1 Å². The van der Waals surface area contributed by atoms with E-state index in [1.807, 2.05) is 6.92 Å². The van der Waals surface area contributed by atoms with Crippen LogP contribution in [-0.2, 0) is 0 Å². The van der Waals surface area contributed by atoms with Crippen molar-refractivity contribution in [1.82, 2.24) is 9.97 Å². The molecule has 0 saturated carbocycles. The predicted molar refractivity (Wildman–Crippen MR) is 84.3 cm³/mol. The lowest BCUT2D eigenvalue weighted by molar-refractivity contribution is 0.0701. The molecule has 1 fully saturated rings. The van der Waals surface area contributed by atoms with Gasteiger partial charge in [0.15, 0.2) is 0 Å². The van der Waals surface area contributed by atoms with Crippen LogP contribution in [0.3, 0.4) is 0 Å². The lowest BCUT2D eigenvalue weighted by Gasteiger charge is -2.32. The maximum absolute atomic E-state index is 11.3. The Morgan fingerprint density at radius 1 is 1.43 bits per heavy atom. The summed E-state index contributed by atoms with van der Waals surface area (Å²) in [7, 11) is 0. The molecule has 0 spiro atoms. The summed E-state index contributed by atoms with van der Waals surface area (Å²) in [6.07, 6.45) is 5.13. The molecule has 0 atom stereocenters. The molecule has 2 aromatic rings. The topological polar surface area (TPSA) is 66.3 Å². The summed E-state index contributed by atoms with van der Waals surface area (Å²) in [4.78, 5) is 23.4. The van der Waals surface area contributed by atoms with Gasteiger partial charge in [0.25, 0.3) is 0 Å². The summed E-state index contributed by atoms with van der Waals surface area (Å²) in [6.45, 7) is 6.07. The van der Waals surface area contributed by atoms with Gasteiger partial charge in [0, 0.05) is 13.1 Å². The molecule has 0 aromatic carbocycles. The predicted octanol–water partition coefficient (Wildman–Crippen LogP) is 3.32. The molecule has 21 heavy (non-hydrogen) atoms. The molecule has 1 N–H and O–H groups in total. The molecule has 2 aromatic heterocycles. The Kier molecular flexibility index (Phi) is 3.80. The van der Waals surface area contributed by atoms with Gasteiger partial charge in [0.2, 0.25) is 0 Å². The van der Waals surface area contributed by atoms with Gasteiger partial charge < -0.3 is 10.0 Å². The van der Waals surface area contributed by atoms with Crippen molar-refractivity contribution in [3.63, 3.8) is 0 Å². The molecule has 0 aliphatic carbocycles. The Bertz CT molecular complexity index is 675. The minimum atomic E-state index is -0.883. The molecular formula is C15H19N3O2S. The van der Waals surface area contributed by atoms with Crippen LogP contribution < -0.4 is 4.90 Å². The molecule has 0 radical (unpaired) electrons. The Hall–Kier alpha value is -1.69. The van der Waals surface area contributed by atoms with Crippen LogP contribution >= 0.6 is 11.3 Å². The first kappa shape index (κ1) is 14.3. The lowest BCUT2D eigenvalue weighted by Crippen LogP contribution is -2.34. The number of nitrogens with zero attached hydrogens (tertiary/aromatic N) is 3. The van der Waals surface area contributed by atoms with Crippen LogP contribution in [0.25, 0.3) is 10.2 Å². The highest BCUT2D eigenvalue weighted by Gasteiger charge is 2.24. The first-order chi connectivity index (χ1) is 10.1. The Labute approximate surface area is 127 Å². The standard InChI is InChI=1S/C15H19N3O2S/c1-3-10-4-6-18(7-5-10)13-11-9(2)12(15(19)20)21-14(11)17-8-16-13/h8,10H,3-7H2,1-2H3,(H,19,20). The summed E-state index contributed by atoms with van der Waals surface area (Å²) in [5.74, 6) is 0.818. The van der Waals surface area contributed by atoms with Crippen LogP contribution in [0.1, 0.15) is 41.4 Å². The van der Waals surface area contributed by atoms with Crippen molar-refractivity contribution >= 4 is 33.3 Å². The molecule has 1 aliphatic rings. The van der Waals surface area contributed by atoms with Crippen molar-refractivity contribution in [2.75, 3.05) is 18.0 Å². The fourth-order valence-corrected chi connectivity index (χ4v) is 4.03. The number of aromatic carboxylic acids is 1. The number of rotatable bonds is 3. The highest BCUT2D eigenvalue weighted by Crippen LogP contribution is 2.36. The fraction of sp³-hybridized carbons (Fsp3) is 0.533. The average molecular weight is 305 g/mol. The SMILES string of the molecule is CCC1CCN(c2ncnc3sc(C(=O)O)c(C)c23)CC1. The van der Waals surface area contributed by atoms with E-state index >= 15 is 0 Å². The second-order valence-corrected chi connectivity index (χ2v) is 6.58. The third-order valence-corrected chi connectivity index (χ3v) is 5.58. The lowest BCUT2D eigenvalue weighted by atomic mass is 9.94. The summed E-state index contributed by atoms with van der Waals surface area (Å²) < 4.78 is 0. The molecule has 0 amide bonds. The van der Waals surface area contributed by atoms with E-state index in [1.54, 1.807) is 6.33 Å². The van der Waals surface area contributed by atoms with Gasteiger partial charge >= 0.3 is 5.97 Å². The van der Waals surface area contributed by atoms with Gasteiger partial charge in [0.05, 0.1) is 5.39 Å². The second-order valence-electron chi connectivity index (χ2n) is 5.58. The molecule has 6 heteroatoms. The minimum absolute atomic E-state index is 0.371. The molecule has 1 aliphatic heterocycles. The van der Waals surface area contributed by atoms with Crippen LogP contribution in [0, 0.1) is 12.8 Å². The molecule has 0 bridgehead atoms. The quantitative estimate of drug-likeness (QED) is 0.942. The van der Waals surface area contributed by atoms with E-state index in [1.165, 1.54) is 30.6 Å². The van der Waals surface area contributed by atoms with E-state index < -0.39 is 5.97 Å². The molecule has 1 saturated heterocycles. The summed E-state index contributed by atoms with van der Waals surface area (Å²) in [6, 6.07) is 0. The first-order valence-electron chi connectivity index (χ1n) is 7.34. The van der Waals surface area contributed by atoms with E-state index in [0.29, 0.717) is 4.88 Å². The maximum Gasteiger partial charge on any atom is 0.346 e. The van der Waals surface area contributed by atoms with Crippen LogP contribution in [0.2, 0.25) is 0 Å². The normalized spacial score (nSPS) is 16.6. The van der Waals surface area contributed by atoms with E-state index in [2.05, 4.69) is 21.8 Å². The highest BCUT2D eigenvalue weighted by atomic mass is 32.1. The maximum atomic E-state index is 11.3. The zero-order chi connectivity index (χ0) is 15.0. The Balaban J connectivity index is 2.01. The van der Waals surface area contributed by atoms with Crippen molar-refractivity contribution in [2.24, 2.45) is 5.92 Å². The van der Waals surface area contributed by atoms with Crippen molar-refractivity contribution < 1.29 is 9.90 Å². The number of aryl methyl sites for hydroxylation is 1. The molecule has 3 heterocycles. The molecule has 112 valence electrons. The summed E-state index contributed by atoms with van der Waals surface area (Å²) in [5, 5.41) is 10.2. The largest absolute Gasteiger partial charge is 0.477 e. The smallest absolute Gasteiger partial charge is 0.346 e. The third kappa shape index (κ3) is 2.48. The van der Waals surface area contributed by atoms with Crippen LogP contribution in [0.15, 0.2) is 6.33 Å². The van der Waals surface area contributed by atoms with Crippen molar-refractivity contribution in [3.8, 4) is 0 Å². The van der Waals surface area contributed by atoms with E-state index in [9.17, 15) is 9.90 Å². The Morgan fingerprint density at radius 2 is 2.14 bits per heavy atom. The van der Waals surface area contributed by atoms with Gasteiger partial charge in [-0.2, -0.15) is 0 Å². The molecule has 3 rings (SSSR count). The number of hydrogen-bond acceptors (Lipinski definition) is 5. The average Bonchev–Trinajstić information content (AvgIpc) is 2.85. The van der Waals surface area contributed by atoms with Gasteiger partial charge in [-0.15, -0.1) is 11.3 Å². The van der Waals surface area contributed by atoms with Gasteiger partial charge in [-0.1, -0.05) is 13.3 Å². The van der Waals surface area contributed by atoms with Gasteiger partial charge in [-0.25, -0.2) is 14.8 Å². The number of fused-ring (bicyclic) bond motifs is 1. The number of aromatic nitrogens is 2. The molecule has 5 nitrogen and oxygen atoms in total. The zero-order valence-electron chi connectivity index (χ0n) is 12.3. The van der Waals surface area contributed by atoms with Crippen LogP contribution in [0.4, 0.5) is 5.82 Å². The number of carboxylic acid groups (broad SMARTS) is 1. The first-order valence-corrected chi connectivity index (χ1v) is 8.15. The van der Waals surface area contributed by atoms with Crippen LogP contribution in [-0.4, -0.2) is 34.1 Å². The number of hydrogen-bond donors (Lipinski definition) is 1. The number of piperidine rings is 1. The van der Waals surface area contributed by atoms with Crippen molar-refractivity contribution in [3.05, 3.63) is 16.8 Å². The Morgan fingerprint density at radius 3 is 2.76 bits per heavy atom. The number of thiophene rings is 1. The third-order valence-electron chi connectivity index (χ3n) is 4.39. The summed E-state index contributed by atoms with van der Waals surface area (Å²) in [5.41, 5.74) is 0.788. The van der Waals surface area contributed by atoms with Crippen molar-refractivity contribution in [1.29, 1.82) is 0 Å². The number of carboxylic acids is 1. The van der Waals surface area contributed by atoms with Gasteiger partial charge in [-0.3, -0.25) is 0 Å². The summed E-state index contributed by atoms with van der Waals surface area (Å²) >= 11 is 1.24. The molecular weight excluding hydrogens is 286 g/mol.